The van der Waals surface area contributed by atoms with Crippen LogP contribution in [-0.2, 0) is 4.74 Å². The van der Waals surface area contributed by atoms with Crippen molar-refractivity contribution in [2.24, 2.45) is 0 Å². The Balaban J connectivity index is 0.00000216. The van der Waals surface area contributed by atoms with Crippen LogP contribution in [0.2, 0.25) is 10.0 Å². The summed E-state index contributed by atoms with van der Waals surface area (Å²) >= 11 is 12.0. The predicted molar refractivity (Wildman–Crippen MR) is 140 cm³/mol. The van der Waals surface area contributed by atoms with Crippen LogP contribution < -0.4 is 20.7 Å². The Morgan fingerprint density at radius 2 is 1.69 bits per heavy atom. The van der Waals surface area contributed by atoms with Crippen LogP contribution in [0, 0.1) is 0 Å². The van der Waals surface area contributed by atoms with Crippen LogP contribution >= 0.6 is 35.6 Å². The number of anilines is 3. The molecule has 13 heteroatoms. The smallest absolute Gasteiger partial charge is 0.413 e. The molecular weight excluding hydrogens is 519 g/mol. The van der Waals surface area contributed by atoms with Crippen LogP contribution in [-0.4, -0.2) is 34.2 Å². The van der Waals surface area contributed by atoms with Gasteiger partial charge in [-0.15, -0.1) is 12.4 Å². The Morgan fingerprint density at radius 3 is 2.40 bits per heavy atom. The number of rotatable bonds is 5. The van der Waals surface area contributed by atoms with Crippen LogP contribution in [0.3, 0.4) is 0 Å². The molecule has 0 aliphatic rings. The first-order valence-corrected chi connectivity index (χ1v) is 10.2. The van der Waals surface area contributed by atoms with E-state index in [-0.39, 0.29) is 25.8 Å². The summed E-state index contributed by atoms with van der Waals surface area (Å²) in [4.78, 5) is 34.9. The number of hydrogen-bond acceptors (Lipinski definition) is 6. The van der Waals surface area contributed by atoms with E-state index in [0.717, 1.165) is 0 Å². The number of aromatic amines is 1. The molecule has 4 N–H and O–H groups in total. The Hall–Kier alpha value is -3.73. The van der Waals surface area contributed by atoms with Gasteiger partial charge < -0.3 is 25.1 Å². The second kappa shape index (κ2) is 12.1. The zero-order valence-electron chi connectivity index (χ0n) is 17.4. The molecule has 2 aromatic heterocycles. The van der Waals surface area contributed by atoms with Crippen LogP contribution in [0.5, 0.6) is 11.6 Å². The number of benzene rings is 2. The maximum absolute atomic E-state index is 12.2. The maximum Gasteiger partial charge on any atom is 0.413 e. The minimum absolute atomic E-state index is 0. The Bertz CT molecular complexity index is 1330. The van der Waals surface area contributed by atoms with Gasteiger partial charge in [-0.3, -0.25) is 5.32 Å². The van der Waals surface area contributed by atoms with Gasteiger partial charge in [0.25, 0.3) is 0 Å². The molecule has 0 radical (unpaired) electrons. The molecule has 184 valence electrons. The van der Waals surface area contributed by atoms with Crippen molar-refractivity contribution in [3.63, 3.8) is 0 Å². The van der Waals surface area contributed by atoms with Crippen molar-refractivity contribution < 1.29 is 19.1 Å². The lowest BCUT2D eigenvalue weighted by atomic mass is 10.3. The van der Waals surface area contributed by atoms with E-state index in [1.807, 2.05) is 0 Å². The second-order valence-electron chi connectivity index (χ2n) is 6.55. The van der Waals surface area contributed by atoms with Gasteiger partial charge in [0, 0.05) is 16.8 Å². The molecule has 2 aromatic carbocycles. The van der Waals surface area contributed by atoms with E-state index in [1.165, 1.54) is 7.11 Å². The van der Waals surface area contributed by atoms with Gasteiger partial charge in [0.15, 0.2) is 5.65 Å². The molecule has 0 saturated carbocycles. The summed E-state index contributed by atoms with van der Waals surface area (Å²) in [6.07, 6.45) is -0.649. The molecule has 0 aliphatic heterocycles. The fraction of sp³-hybridized carbons (Fsp3) is 0.0909. The van der Waals surface area contributed by atoms with Crippen LogP contribution in [0.4, 0.5) is 26.9 Å². The third-order valence-corrected chi connectivity index (χ3v) is 4.80. The highest BCUT2D eigenvalue weighted by atomic mass is 35.5. The first-order valence-electron chi connectivity index (χ1n) is 9.42. The number of carbonyl (C=O) groups excluding carboxylic acids is 2. The molecule has 0 atom stereocenters. The summed E-state index contributed by atoms with van der Waals surface area (Å²) in [7, 11) is 1.25. The number of carbonyl (C=O) groups is 2. The lowest BCUT2D eigenvalue weighted by molar-refractivity contribution is 0.186. The zero-order valence-corrected chi connectivity index (χ0v) is 19.7. The molecule has 4 aromatic rings. The predicted octanol–water partition coefficient (Wildman–Crippen LogP) is 6.94. The number of ether oxygens (including phenoxy) is 2. The monoisotopic (exact) mass is 538 g/mol. The summed E-state index contributed by atoms with van der Waals surface area (Å²) in [5.74, 6) is 0.996. The third-order valence-electron chi connectivity index (χ3n) is 4.24. The van der Waals surface area contributed by atoms with Crippen molar-refractivity contribution >= 4 is 76.2 Å². The van der Waals surface area contributed by atoms with Gasteiger partial charge in [-0.1, -0.05) is 30.6 Å². The summed E-state index contributed by atoms with van der Waals surface area (Å²) in [5.41, 5.74) is 1.89. The van der Waals surface area contributed by atoms with Crippen molar-refractivity contribution in [2.75, 3.05) is 23.1 Å². The van der Waals surface area contributed by atoms with E-state index >= 15 is 0 Å². The fourth-order valence-corrected chi connectivity index (χ4v) is 3.08. The lowest BCUT2D eigenvalue weighted by Crippen LogP contribution is -2.19. The molecule has 4 rings (SSSR count). The average molecular weight is 540 g/mol. The van der Waals surface area contributed by atoms with Gasteiger partial charge in [-0.2, -0.15) is 9.97 Å². The fourth-order valence-electron chi connectivity index (χ4n) is 2.74. The minimum Gasteiger partial charge on any atom is -0.453 e. The number of H-pyrrole nitrogens is 1. The first kappa shape index (κ1) is 27.5. The number of methoxy groups -OCH3 is 1. The lowest BCUT2D eigenvalue weighted by Gasteiger charge is -2.10. The van der Waals surface area contributed by atoms with E-state index in [2.05, 4.69) is 35.6 Å². The summed E-state index contributed by atoms with van der Waals surface area (Å²) in [6.45, 7) is 0. The van der Waals surface area contributed by atoms with Crippen LogP contribution in [0.25, 0.3) is 11.2 Å². The van der Waals surface area contributed by atoms with Crippen LogP contribution in [0.1, 0.15) is 7.43 Å². The number of pyridine rings is 1. The number of hydrogen-bond donors (Lipinski definition) is 4. The van der Waals surface area contributed by atoms with E-state index in [9.17, 15) is 9.59 Å². The number of nitrogens with zero attached hydrogens (tertiary/aromatic N) is 2. The van der Waals surface area contributed by atoms with Crippen molar-refractivity contribution in [3.8, 4) is 11.6 Å². The number of imidazole rings is 1. The second-order valence-corrected chi connectivity index (χ2v) is 7.40. The van der Waals surface area contributed by atoms with Gasteiger partial charge in [0.2, 0.25) is 11.8 Å². The quantitative estimate of drug-likeness (QED) is 0.217. The van der Waals surface area contributed by atoms with Crippen molar-refractivity contribution in [2.45, 2.75) is 7.43 Å². The number of urea groups is 1. The Morgan fingerprint density at radius 1 is 0.943 bits per heavy atom. The largest absolute Gasteiger partial charge is 0.453 e. The number of halogens is 3. The van der Waals surface area contributed by atoms with Gasteiger partial charge in [-0.25, -0.2) is 9.59 Å². The highest BCUT2D eigenvalue weighted by Crippen LogP contribution is 2.26. The van der Waals surface area contributed by atoms with E-state index in [4.69, 9.17) is 27.9 Å². The Kier molecular flexibility index (Phi) is 9.52. The third kappa shape index (κ3) is 7.12. The molecule has 0 spiro atoms. The normalized spacial score (nSPS) is 9.91. The van der Waals surface area contributed by atoms with Gasteiger partial charge in [0.1, 0.15) is 5.75 Å². The SMILES string of the molecule is C.COC(=O)Nc1nc2nc(Oc3ccc(NC(=O)Nc4cc(Cl)ccc4Cl)cc3)ccc2[nH]1.Cl. The van der Waals surface area contributed by atoms with Crippen molar-refractivity contribution in [3.05, 3.63) is 64.6 Å². The highest BCUT2D eigenvalue weighted by Gasteiger charge is 2.10. The first-order chi connectivity index (χ1) is 15.9. The minimum atomic E-state index is -0.649. The molecule has 0 unspecified atom stereocenters. The maximum atomic E-state index is 12.2. The molecule has 2 heterocycles. The van der Waals surface area contributed by atoms with Crippen molar-refractivity contribution in [1.29, 1.82) is 0 Å². The molecule has 0 bridgehead atoms. The molecule has 0 saturated heterocycles. The molecule has 35 heavy (non-hydrogen) atoms. The van der Waals surface area contributed by atoms with Gasteiger partial charge in [0.05, 0.1) is 23.3 Å². The molecule has 0 aliphatic carbocycles. The van der Waals surface area contributed by atoms with Crippen molar-refractivity contribution in [1.82, 2.24) is 15.0 Å². The molecular formula is C22H21Cl3N6O4. The van der Waals surface area contributed by atoms with Gasteiger partial charge in [-0.05, 0) is 48.5 Å². The summed E-state index contributed by atoms with van der Waals surface area (Å²) in [6, 6.07) is 14.3. The highest BCUT2D eigenvalue weighted by molar-refractivity contribution is 6.35. The van der Waals surface area contributed by atoms with Gasteiger partial charge >= 0.3 is 12.1 Å². The standard InChI is InChI=1S/C21H16Cl2N6O4.CH4.ClH/c1-32-21(31)29-19-25-15-8-9-17(27-18(15)28-19)33-13-5-3-12(4-6-13)24-20(30)26-16-10-11(22)2-7-14(16)23;;/h2-10H,1H3,(H2,24,26,30)(H2,25,27,28,29,31);1H4;1H. The number of nitrogens with one attached hydrogen (secondary N) is 4. The molecule has 3 amide bonds. The molecule has 10 nitrogen and oxygen atoms in total. The topological polar surface area (TPSA) is 130 Å². The number of aromatic nitrogens is 3. The zero-order chi connectivity index (χ0) is 23.4. The van der Waals surface area contributed by atoms with E-state index in [1.54, 1.807) is 54.6 Å². The average Bonchev–Trinajstić information content (AvgIpc) is 3.19. The summed E-state index contributed by atoms with van der Waals surface area (Å²) in [5, 5.41) is 8.58. The molecule has 0 fully saturated rings. The van der Waals surface area contributed by atoms with E-state index in [0.29, 0.717) is 44.2 Å². The van der Waals surface area contributed by atoms with Crippen LogP contribution in [0.15, 0.2) is 54.6 Å². The summed E-state index contributed by atoms with van der Waals surface area (Å²) < 4.78 is 10.3. The number of amides is 3. The number of fused-ring (bicyclic) bond motifs is 1. The Labute approximate surface area is 216 Å². The van der Waals surface area contributed by atoms with E-state index < -0.39 is 12.1 Å².